The topological polar surface area (TPSA) is 154 Å². The molecule has 0 bridgehead atoms. The van der Waals surface area contributed by atoms with Gasteiger partial charge in [0.1, 0.15) is 24.3 Å². The van der Waals surface area contributed by atoms with Crippen molar-refractivity contribution in [3.63, 3.8) is 0 Å². The fraction of sp³-hybridized carbons (Fsp3) is 0.214. The van der Waals surface area contributed by atoms with Crippen LogP contribution in [0.3, 0.4) is 0 Å². The fourth-order valence-corrected chi connectivity index (χ4v) is 4.76. The van der Waals surface area contributed by atoms with E-state index in [2.05, 4.69) is 32.3 Å². The van der Waals surface area contributed by atoms with Crippen molar-refractivity contribution in [1.29, 1.82) is 0 Å². The highest BCUT2D eigenvalue weighted by molar-refractivity contribution is 5.98. The Hall–Kier alpha value is -5.06. The predicted molar refractivity (Wildman–Crippen MR) is 143 cm³/mol. The molecule has 2 heterocycles. The molecule has 198 valence electrons. The molecular weight excluding hydrogens is 498 g/mol. The first-order valence-electron chi connectivity index (χ1n) is 12.4. The Morgan fingerprint density at radius 2 is 2.05 bits per heavy atom. The average Bonchev–Trinajstić information content (AvgIpc) is 3.57. The van der Waals surface area contributed by atoms with Gasteiger partial charge in [0.25, 0.3) is 17.6 Å². The van der Waals surface area contributed by atoms with Crippen LogP contribution in [-0.4, -0.2) is 44.0 Å². The summed E-state index contributed by atoms with van der Waals surface area (Å²) in [5.41, 5.74) is 10.7. The highest BCUT2D eigenvalue weighted by atomic mass is 16.5. The molecule has 2 amide bonds. The number of aromatic nitrogens is 4. The van der Waals surface area contributed by atoms with Crippen LogP contribution in [0, 0.1) is 6.92 Å². The average molecular weight is 526 g/mol. The first-order valence-corrected chi connectivity index (χ1v) is 12.4. The van der Waals surface area contributed by atoms with E-state index in [1.165, 1.54) is 23.0 Å². The molecule has 0 radical (unpaired) electrons. The molecule has 1 aliphatic carbocycles. The molecule has 0 saturated carbocycles. The number of benzene rings is 2. The van der Waals surface area contributed by atoms with Gasteiger partial charge in [-0.1, -0.05) is 30.9 Å². The molecule has 0 aliphatic heterocycles. The molecule has 0 saturated heterocycles. The molecule has 1 aliphatic rings. The van der Waals surface area contributed by atoms with Gasteiger partial charge >= 0.3 is 5.97 Å². The van der Waals surface area contributed by atoms with Gasteiger partial charge in [-0.15, -0.1) is 0 Å². The molecule has 2 aromatic carbocycles. The first-order chi connectivity index (χ1) is 18.9. The third-order valence-electron chi connectivity index (χ3n) is 6.67. The van der Waals surface area contributed by atoms with Crippen molar-refractivity contribution in [2.45, 2.75) is 32.4 Å². The third-order valence-corrected chi connectivity index (χ3v) is 6.67. The Kier molecular flexibility index (Phi) is 7.04. The van der Waals surface area contributed by atoms with Crippen molar-refractivity contribution in [1.82, 2.24) is 30.2 Å². The van der Waals surface area contributed by atoms with Crippen LogP contribution in [0.4, 0.5) is 5.69 Å². The van der Waals surface area contributed by atoms with E-state index >= 15 is 0 Å². The van der Waals surface area contributed by atoms with Crippen LogP contribution in [0.1, 0.15) is 66.1 Å². The van der Waals surface area contributed by atoms with Crippen molar-refractivity contribution in [2.75, 3.05) is 12.3 Å². The smallest absolute Gasteiger partial charge is 0.338 e. The van der Waals surface area contributed by atoms with Crippen molar-refractivity contribution in [3.05, 3.63) is 101 Å². The van der Waals surface area contributed by atoms with Gasteiger partial charge in [-0.3, -0.25) is 9.59 Å². The number of nitrogens with two attached hydrogens (primary N) is 1. The molecule has 4 N–H and O–H groups in total. The van der Waals surface area contributed by atoms with Gasteiger partial charge in [0, 0.05) is 18.3 Å². The van der Waals surface area contributed by atoms with Crippen LogP contribution in [0.5, 0.6) is 0 Å². The minimum Gasteiger partial charge on any atom is -0.458 e. The number of fused-ring (bicyclic) bond motifs is 2. The lowest BCUT2D eigenvalue weighted by molar-refractivity contribution is 0.0548. The van der Waals surface area contributed by atoms with E-state index in [0.29, 0.717) is 24.1 Å². The highest BCUT2D eigenvalue weighted by Gasteiger charge is 2.29. The molecule has 2 aromatic heterocycles. The van der Waals surface area contributed by atoms with Crippen molar-refractivity contribution < 1.29 is 19.1 Å². The number of amides is 2. The number of esters is 1. The lowest BCUT2D eigenvalue weighted by Crippen LogP contribution is -2.30. The Balaban J connectivity index is 1.35. The molecule has 4 aromatic rings. The van der Waals surface area contributed by atoms with Gasteiger partial charge in [0.2, 0.25) is 0 Å². The summed E-state index contributed by atoms with van der Waals surface area (Å²) in [4.78, 5) is 47.1. The first kappa shape index (κ1) is 25.6. The number of carbonyl (C=O) groups is 3. The minimum atomic E-state index is -0.463. The second-order valence-electron chi connectivity index (χ2n) is 9.18. The summed E-state index contributed by atoms with van der Waals surface area (Å²) < 4.78 is 6.49. The van der Waals surface area contributed by atoms with Crippen LogP contribution < -0.4 is 16.4 Å². The maximum atomic E-state index is 13.4. The Morgan fingerprint density at radius 1 is 1.21 bits per heavy atom. The minimum absolute atomic E-state index is 0.0369. The fourth-order valence-electron chi connectivity index (χ4n) is 4.76. The van der Waals surface area contributed by atoms with E-state index < -0.39 is 17.8 Å². The third kappa shape index (κ3) is 5.19. The summed E-state index contributed by atoms with van der Waals surface area (Å²) >= 11 is 0. The van der Waals surface area contributed by atoms with Crippen molar-refractivity contribution in [2.24, 2.45) is 0 Å². The molecule has 0 unspecified atom stereocenters. The molecule has 5 rings (SSSR count). The Bertz CT molecular complexity index is 1610. The molecule has 39 heavy (non-hydrogen) atoms. The largest absolute Gasteiger partial charge is 0.458 e. The Morgan fingerprint density at radius 3 is 2.85 bits per heavy atom. The van der Waals surface area contributed by atoms with Crippen LogP contribution >= 0.6 is 0 Å². The number of nitrogens with one attached hydrogen (secondary N) is 2. The molecule has 11 nitrogen and oxygen atoms in total. The monoisotopic (exact) mass is 525 g/mol. The quantitative estimate of drug-likeness (QED) is 0.180. The van der Waals surface area contributed by atoms with E-state index in [1.807, 2.05) is 19.1 Å². The normalized spacial score (nSPS) is 14.0. The summed E-state index contributed by atoms with van der Waals surface area (Å²) in [6.45, 7) is 5.82. The van der Waals surface area contributed by atoms with Gasteiger partial charge in [0.15, 0.2) is 0 Å². The zero-order valence-electron chi connectivity index (χ0n) is 21.3. The van der Waals surface area contributed by atoms with Gasteiger partial charge < -0.3 is 21.1 Å². The van der Waals surface area contributed by atoms with Gasteiger partial charge in [0.05, 0.1) is 11.6 Å². The number of carbonyl (C=O) groups excluding carboxylic acids is 3. The standard InChI is InChI=1S/C28H27N7O4/c1-3-11-39-27(38)20-7-8-21-19(16(20)2)9-10-22(21)33-26(37)24-13-23(34-28-31-15-32-35(24)28)25(36)30-14-17-5-4-6-18(29)12-17/h3-8,12-13,15,22H,1,9-11,14,29H2,2H3,(H,30,36)(H,33,37)/t22-/m0/s1. The number of rotatable bonds is 8. The summed E-state index contributed by atoms with van der Waals surface area (Å²) in [5, 5.41) is 9.95. The molecule has 1 atom stereocenters. The number of ether oxygens (including phenoxy) is 1. The van der Waals surface area contributed by atoms with Crippen LogP contribution in [0.2, 0.25) is 0 Å². The maximum absolute atomic E-state index is 13.4. The van der Waals surface area contributed by atoms with E-state index in [-0.39, 0.29) is 36.4 Å². The molecule has 0 spiro atoms. The maximum Gasteiger partial charge on any atom is 0.338 e. The predicted octanol–water partition coefficient (Wildman–Crippen LogP) is 2.71. The van der Waals surface area contributed by atoms with Crippen molar-refractivity contribution in [3.8, 4) is 0 Å². The van der Waals surface area contributed by atoms with E-state index in [1.54, 1.807) is 24.3 Å². The summed E-state index contributed by atoms with van der Waals surface area (Å²) in [6.07, 6.45) is 4.15. The van der Waals surface area contributed by atoms with Crippen LogP contribution in [0.25, 0.3) is 5.78 Å². The number of nitrogens with zero attached hydrogens (tertiary/aromatic N) is 4. The van der Waals surface area contributed by atoms with Crippen LogP contribution in [0.15, 0.2) is 61.4 Å². The number of nitrogen functional groups attached to an aromatic ring is 1. The second kappa shape index (κ2) is 10.7. The van der Waals surface area contributed by atoms with Gasteiger partial charge in [-0.05, 0) is 60.2 Å². The Labute approximate surface area is 224 Å². The number of hydrogen-bond donors (Lipinski definition) is 3. The van der Waals surface area contributed by atoms with E-state index in [0.717, 1.165) is 22.3 Å². The molecule has 11 heteroatoms. The zero-order valence-corrected chi connectivity index (χ0v) is 21.3. The SMILES string of the molecule is C=CCOC(=O)c1ccc2c(c1C)CC[C@@H]2NC(=O)c1cc(C(=O)NCc2cccc(N)c2)nc2ncnn12. The molecule has 0 fully saturated rings. The zero-order chi connectivity index (χ0) is 27.5. The van der Waals surface area contributed by atoms with E-state index in [9.17, 15) is 14.4 Å². The number of hydrogen-bond acceptors (Lipinski definition) is 8. The van der Waals surface area contributed by atoms with E-state index in [4.69, 9.17) is 10.5 Å². The number of anilines is 1. The lowest BCUT2D eigenvalue weighted by atomic mass is 9.98. The lowest BCUT2D eigenvalue weighted by Gasteiger charge is -2.16. The van der Waals surface area contributed by atoms with Crippen molar-refractivity contribution >= 4 is 29.2 Å². The second-order valence-corrected chi connectivity index (χ2v) is 9.18. The van der Waals surface area contributed by atoms with Gasteiger partial charge in [-0.25, -0.2) is 9.78 Å². The summed E-state index contributed by atoms with van der Waals surface area (Å²) in [6, 6.07) is 11.9. The highest BCUT2D eigenvalue weighted by Crippen LogP contribution is 2.35. The molecular formula is C28H27N7O4. The summed E-state index contributed by atoms with van der Waals surface area (Å²) in [7, 11) is 0. The summed E-state index contributed by atoms with van der Waals surface area (Å²) in [5.74, 6) is -1.17. The van der Waals surface area contributed by atoms with Gasteiger partial charge in [-0.2, -0.15) is 14.6 Å². The van der Waals surface area contributed by atoms with Crippen LogP contribution in [-0.2, 0) is 17.7 Å².